The zero-order valence-corrected chi connectivity index (χ0v) is 32.9. The first-order chi connectivity index (χ1) is 23.4. The van der Waals surface area contributed by atoms with E-state index in [1.54, 1.807) is 41.5 Å². The topological polar surface area (TPSA) is 194 Å². The first-order valence-corrected chi connectivity index (χ1v) is 18.5. The summed E-state index contributed by atoms with van der Waals surface area (Å²) in [6, 6.07) is -0.324. The predicted molar refractivity (Wildman–Crippen MR) is 186 cm³/mol. The highest BCUT2D eigenvalue weighted by Gasteiger charge is 2.53. The van der Waals surface area contributed by atoms with Gasteiger partial charge >= 0.3 is 5.97 Å². The van der Waals surface area contributed by atoms with Crippen molar-refractivity contribution in [2.24, 2.45) is 23.7 Å². The Morgan fingerprint density at radius 1 is 0.882 bits per heavy atom. The number of aliphatic hydroxyl groups is 5. The fourth-order valence-electron chi connectivity index (χ4n) is 8.41. The van der Waals surface area contributed by atoms with Crippen LogP contribution in [0.15, 0.2) is 0 Å². The Balaban J connectivity index is 2.18. The van der Waals surface area contributed by atoms with Crippen LogP contribution in [0.5, 0.6) is 0 Å². The van der Waals surface area contributed by atoms with Gasteiger partial charge in [0.1, 0.15) is 29.7 Å². The standard InChI is InChI=1S/C37H67NO13/c1-14-25-37(10,45)30(41)20(4)27(39)18(2)16-35(8,44)32(51-34-28(40)24(38(11)12)15-19(3)47-34)21(5)29(22(6)33(43)49-25)50-26-17-36(9,46-13)31(42)23(7)48-26/h18-26,28-32,34,40-42,44-45H,14-17H2,1-13H3/t18-,19-,20+,21?,22-,23+,24+,25-,26+,28-,29+,30-,31+,32-,34+,35-,36-,37-/m1/s1. The van der Waals surface area contributed by atoms with Gasteiger partial charge in [-0.25, -0.2) is 0 Å². The molecule has 51 heavy (non-hydrogen) atoms. The molecule has 18 atom stereocenters. The minimum absolute atomic E-state index is 0.0936. The molecular weight excluding hydrogens is 666 g/mol. The van der Waals surface area contributed by atoms with Gasteiger partial charge in [0.15, 0.2) is 12.6 Å². The lowest BCUT2D eigenvalue weighted by atomic mass is 9.74. The number of ether oxygens (including phenoxy) is 6. The number of carbonyl (C=O) groups excluding carboxylic acids is 2. The largest absolute Gasteiger partial charge is 0.459 e. The van der Waals surface area contributed by atoms with Crippen molar-refractivity contribution >= 4 is 11.8 Å². The maximum absolute atomic E-state index is 14.1. The van der Waals surface area contributed by atoms with Gasteiger partial charge in [-0.15, -0.1) is 0 Å². The Kier molecular flexibility index (Phi) is 14.7. The van der Waals surface area contributed by atoms with E-state index in [0.29, 0.717) is 6.42 Å². The molecule has 14 heteroatoms. The molecule has 0 aromatic carbocycles. The summed E-state index contributed by atoms with van der Waals surface area (Å²) < 4.78 is 37.1. The van der Waals surface area contributed by atoms with Crippen molar-refractivity contribution in [2.45, 2.75) is 179 Å². The number of aliphatic hydroxyl groups excluding tert-OH is 3. The molecule has 3 fully saturated rings. The summed E-state index contributed by atoms with van der Waals surface area (Å²) in [7, 11) is 5.18. The second kappa shape index (κ2) is 17.0. The van der Waals surface area contributed by atoms with E-state index in [9.17, 15) is 35.1 Å². The zero-order chi connectivity index (χ0) is 39.0. The molecule has 3 aliphatic rings. The average molecular weight is 734 g/mol. The maximum Gasteiger partial charge on any atom is 0.311 e. The molecule has 3 rings (SSSR count). The third-order valence-corrected chi connectivity index (χ3v) is 11.8. The molecule has 298 valence electrons. The van der Waals surface area contributed by atoms with E-state index in [0.717, 1.165) is 0 Å². The van der Waals surface area contributed by atoms with E-state index in [1.165, 1.54) is 27.9 Å². The number of hydrogen-bond donors (Lipinski definition) is 5. The summed E-state index contributed by atoms with van der Waals surface area (Å²) in [5.74, 6) is -4.98. The van der Waals surface area contributed by atoms with Crippen LogP contribution in [0.4, 0.5) is 0 Å². The van der Waals surface area contributed by atoms with Crippen molar-refractivity contribution in [3.63, 3.8) is 0 Å². The summed E-state index contributed by atoms with van der Waals surface area (Å²) in [6.07, 6.45) is -9.71. The lowest BCUT2D eigenvalue weighted by Crippen LogP contribution is -2.61. The van der Waals surface area contributed by atoms with E-state index in [-0.39, 0.29) is 31.4 Å². The van der Waals surface area contributed by atoms with Gasteiger partial charge < -0.3 is 58.9 Å². The van der Waals surface area contributed by atoms with Gasteiger partial charge in [-0.1, -0.05) is 27.7 Å². The van der Waals surface area contributed by atoms with Gasteiger partial charge in [-0.2, -0.15) is 0 Å². The smallest absolute Gasteiger partial charge is 0.311 e. The molecule has 0 amide bonds. The SMILES string of the molecule is CC[C@H]1OC(=O)[C@H](C)[C@@H](O[C@H]2C[C@@](C)(OC)[C@@H](O)[C@H](C)O2)C(C)[C@@H](O[C@@H]2O[C@H](C)C[C@H](N(C)C)[C@H]2O)[C@](C)(O)C[C@@H](C)C(=O)[C@H](C)[C@@H](O)[C@]1(C)O. The van der Waals surface area contributed by atoms with Crippen LogP contribution < -0.4 is 0 Å². The fourth-order valence-corrected chi connectivity index (χ4v) is 8.41. The Hall–Kier alpha value is -1.30. The van der Waals surface area contributed by atoms with Crippen molar-refractivity contribution in [3.8, 4) is 0 Å². The van der Waals surface area contributed by atoms with E-state index in [4.69, 9.17) is 28.4 Å². The molecule has 0 radical (unpaired) electrons. The second-order valence-corrected chi connectivity index (χ2v) is 16.5. The van der Waals surface area contributed by atoms with Crippen molar-refractivity contribution in [2.75, 3.05) is 21.2 Å². The highest BCUT2D eigenvalue weighted by molar-refractivity contribution is 5.83. The third-order valence-electron chi connectivity index (χ3n) is 11.8. The van der Waals surface area contributed by atoms with Gasteiger partial charge in [0.25, 0.3) is 0 Å². The Labute approximate surface area is 304 Å². The van der Waals surface area contributed by atoms with Crippen LogP contribution in [0.25, 0.3) is 0 Å². The zero-order valence-electron chi connectivity index (χ0n) is 32.9. The van der Waals surface area contributed by atoms with Crippen LogP contribution in [0.1, 0.15) is 94.9 Å². The fraction of sp³-hybridized carbons (Fsp3) is 0.946. The van der Waals surface area contributed by atoms with Crippen molar-refractivity contribution in [3.05, 3.63) is 0 Å². The van der Waals surface area contributed by atoms with E-state index >= 15 is 0 Å². The molecule has 0 aliphatic carbocycles. The predicted octanol–water partition coefficient (Wildman–Crippen LogP) is 1.79. The summed E-state index contributed by atoms with van der Waals surface area (Å²) in [5.41, 5.74) is -4.84. The van der Waals surface area contributed by atoms with Crippen LogP contribution in [0, 0.1) is 23.7 Å². The van der Waals surface area contributed by atoms with Crippen LogP contribution in [0.3, 0.4) is 0 Å². The number of rotatable bonds is 7. The molecule has 3 heterocycles. The molecule has 0 bridgehead atoms. The summed E-state index contributed by atoms with van der Waals surface area (Å²) in [4.78, 5) is 29.8. The second-order valence-electron chi connectivity index (χ2n) is 16.5. The number of likely N-dealkylation sites (N-methyl/N-ethyl adjacent to an activating group) is 1. The van der Waals surface area contributed by atoms with Crippen LogP contribution in [-0.4, -0.2) is 148 Å². The number of cyclic esters (lactones) is 1. The highest BCUT2D eigenvalue weighted by Crippen LogP contribution is 2.40. The van der Waals surface area contributed by atoms with Gasteiger partial charge in [0.05, 0.1) is 47.6 Å². The minimum atomic E-state index is -1.99. The van der Waals surface area contributed by atoms with Crippen molar-refractivity contribution in [1.29, 1.82) is 0 Å². The maximum atomic E-state index is 14.1. The van der Waals surface area contributed by atoms with E-state index in [2.05, 4.69) is 0 Å². The Morgan fingerprint density at radius 3 is 2.04 bits per heavy atom. The van der Waals surface area contributed by atoms with Gasteiger partial charge in [-0.3, -0.25) is 9.59 Å². The number of Topliss-reactive ketones (excluding diaryl/α,β-unsaturated/α-hetero) is 1. The van der Waals surface area contributed by atoms with Gasteiger partial charge in [0, 0.05) is 37.3 Å². The molecule has 1 unspecified atom stereocenters. The number of nitrogens with zero attached hydrogens (tertiary/aromatic N) is 1. The molecule has 0 spiro atoms. The summed E-state index contributed by atoms with van der Waals surface area (Å²) in [6.45, 7) is 16.3. The number of hydrogen-bond acceptors (Lipinski definition) is 14. The van der Waals surface area contributed by atoms with Gasteiger partial charge in [0.2, 0.25) is 0 Å². The summed E-state index contributed by atoms with van der Waals surface area (Å²) in [5, 5.41) is 57.6. The number of ketones is 1. The minimum Gasteiger partial charge on any atom is -0.459 e. The van der Waals surface area contributed by atoms with E-state index in [1.807, 2.05) is 25.9 Å². The molecule has 0 aromatic rings. The Morgan fingerprint density at radius 2 is 1.49 bits per heavy atom. The van der Waals surface area contributed by atoms with Gasteiger partial charge in [-0.05, 0) is 74.9 Å². The number of carbonyl (C=O) groups is 2. The highest BCUT2D eigenvalue weighted by atomic mass is 16.7. The van der Waals surface area contributed by atoms with Crippen LogP contribution >= 0.6 is 0 Å². The third kappa shape index (κ3) is 9.51. The molecule has 14 nitrogen and oxygen atoms in total. The normalized spacial score (nSPS) is 49.7. The Bertz CT molecular complexity index is 1170. The molecular formula is C37H67NO13. The molecule has 5 N–H and O–H groups in total. The average Bonchev–Trinajstić information content (AvgIpc) is 3.05. The van der Waals surface area contributed by atoms with E-state index < -0.39 is 108 Å². The monoisotopic (exact) mass is 733 g/mol. The van der Waals surface area contributed by atoms with Crippen LogP contribution in [0.2, 0.25) is 0 Å². The first-order valence-electron chi connectivity index (χ1n) is 18.5. The number of methoxy groups -OCH3 is 1. The van der Waals surface area contributed by atoms with Crippen molar-refractivity contribution < 1.29 is 63.5 Å². The molecule has 0 aromatic heterocycles. The lowest BCUT2D eigenvalue weighted by molar-refractivity contribution is -0.318. The molecule has 0 saturated carbocycles. The summed E-state index contributed by atoms with van der Waals surface area (Å²) >= 11 is 0. The van der Waals surface area contributed by atoms with Crippen molar-refractivity contribution in [1.82, 2.24) is 4.90 Å². The number of esters is 1. The quantitative estimate of drug-likeness (QED) is 0.238. The van der Waals surface area contributed by atoms with Crippen LogP contribution in [-0.2, 0) is 38.0 Å². The molecule has 3 aliphatic heterocycles. The first kappa shape index (κ1) is 44.1. The molecule has 3 saturated heterocycles. The lowest BCUT2D eigenvalue weighted by Gasteiger charge is -2.49.